The summed E-state index contributed by atoms with van der Waals surface area (Å²) in [6.07, 6.45) is 2.84. The van der Waals surface area contributed by atoms with E-state index < -0.39 is 16.6 Å². The zero-order valence-corrected chi connectivity index (χ0v) is 13.3. The third-order valence-electron chi connectivity index (χ3n) is 3.45. The number of hydrogen-bond acceptors (Lipinski definition) is 3. The van der Waals surface area contributed by atoms with Crippen molar-refractivity contribution in [3.05, 3.63) is 75.6 Å². The lowest BCUT2D eigenvalue weighted by Crippen LogP contribution is -2.09. The summed E-state index contributed by atoms with van der Waals surface area (Å²) in [4.78, 5) is 21.9. The number of carbonyl (C=O) groups excluding carboxylic acids is 1. The molecular formula is C18H17FN2O3. The SMILES string of the molecule is CC(C)c1ccc(/C=C/C(=O)Nc2cc([N+](=O)[O-])ccc2F)cc1. The topological polar surface area (TPSA) is 72.2 Å². The van der Waals surface area contributed by atoms with E-state index in [0.717, 1.165) is 23.8 Å². The Morgan fingerprint density at radius 2 is 1.88 bits per heavy atom. The predicted octanol–water partition coefficient (Wildman–Crippen LogP) is 4.51. The van der Waals surface area contributed by atoms with Crippen molar-refractivity contribution in [1.82, 2.24) is 0 Å². The van der Waals surface area contributed by atoms with Crippen molar-refractivity contribution in [1.29, 1.82) is 0 Å². The van der Waals surface area contributed by atoms with E-state index in [9.17, 15) is 19.3 Å². The fourth-order valence-electron chi connectivity index (χ4n) is 2.06. The Balaban J connectivity index is 2.07. The molecule has 6 heteroatoms. The average molecular weight is 328 g/mol. The van der Waals surface area contributed by atoms with Crippen molar-refractivity contribution >= 4 is 23.4 Å². The summed E-state index contributed by atoms with van der Waals surface area (Å²) >= 11 is 0. The molecule has 0 fully saturated rings. The van der Waals surface area contributed by atoms with Gasteiger partial charge in [0.2, 0.25) is 5.91 Å². The first-order valence-corrected chi connectivity index (χ1v) is 7.40. The van der Waals surface area contributed by atoms with Gasteiger partial charge in [0.15, 0.2) is 0 Å². The van der Waals surface area contributed by atoms with Gasteiger partial charge in [-0.25, -0.2) is 4.39 Å². The van der Waals surface area contributed by atoms with Crippen molar-refractivity contribution < 1.29 is 14.1 Å². The number of benzene rings is 2. The number of nitro groups is 1. The number of rotatable bonds is 5. The van der Waals surface area contributed by atoms with Gasteiger partial charge in [0.25, 0.3) is 5.69 Å². The minimum atomic E-state index is -0.733. The lowest BCUT2D eigenvalue weighted by atomic mass is 10.0. The van der Waals surface area contributed by atoms with Crippen LogP contribution < -0.4 is 5.32 Å². The molecule has 0 atom stereocenters. The van der Waals surface area contributed by atoms with Crippen LogP contribution >= 0.6 is 0 Å². The number of anilines is 1. The number of nitro benzene ring substituents is 1. The van der Waals surface area contributed by atoms with Crippen molar-refractivity contribution in [3.63, 3.8) is 0 Å². The highest BCUT2D eigenvalue weighted by atomic mass is 19.1. The molecule has 0 aliphatic heterocycles. The van der Waals surface area contributed by atoms with Gasteiger partial charge in [-0.05, 0) is 29.2 Å². The second-order valence-corrected chi connectivity index (χ2v) is 5.57. The molecule has 0 radical (unpaired) electrons. The molecule has 5 nitrogen and oxygen atoms in total. The van der Waals surface area contributed by atoms with E-state index in [1.165, 1.54) is 11.6 Å². The van der Waals surface area contributed by atoms with E-state index in [1.807, 2.05) is 24.3 Å². The van der Waals surface area contributed by atoms with Gasteiger partial charge >= 0.3 is 0 Å². The molecular weight excluding hydrogens is 311 g/mol. The van der Waals surface area contributed by atoms with Gasteiger partial charge in [-0.2, -0.15) is 0 Å². The number of nitrogens with zero attached hydrogens (tertiary/aromatic N) is 1. The summed E-state index contributed by atoms with van der Waals surface area (Å²) < 4.78 is 13.6. The molecule has 2 aromatic rings. The van der Waals surface area contributed by atoms with E-state index in [2.05, 4.69) is 19.2 Å². The van der Waals surface area contributed by atoms with Crippen molar-refractivity contribution in [2.45, 2.75) is 19.8 Å². The first kappa shape index (κ1) is 17.3. The van der Waals surface area contributed by atoms with Crippen LogP contribution in [0.4, 0.5) is 15.8 Å². The van der Waals surface area contributed by atoms with Gasteiger partial charge in [0, 0.05) is 18.2 Å². The maximum absolute atomic E-state index is 13.6. The second kappa shape index (κ2) is 7.50. The molecule has 124 valence electrons. The number of carbonyl (C=O) groups is 1. The Kier molecular flexibility index (Phi) is 5.42. The first-order chi connectivity index (χ1) is 11.4. The number of non-ortho nitro benzene ring substituents is 1. The highest BCUT2D eigenvalue weighted by Crippen LogP contribution is 2.21. The molecule has 0 unspecified atom stereocenters. The Morgan fingerprint density at radius 3 is 2.46 bits per heavy atom. The van der Waals surface area contributed by atoms with Crippen LogP contribution in [0.5, 0.6) is 0 Å². The van der Waals surface area contributed by atoms with Crippen LogP contribution in [0.3, 0.4) is 0 Å². The molecule has 0 saturated heterocycles. The van der Waals surface area contributed by atoms with Gasteiger partial charge in [0.05, 0.1) is 10.6 Å². The van der Waals surface area contributed by atoms with Crippen LogP contribution in [0.15, 0.2) is 48.5 Å². The third kappa shape index (κ3) is 4.49. The molecule has 1 N–H and O–H groups in total. The molecule has 2 rings (SSSR count). The maximum Gasteiger partial charge on any atom is 0.271 e. The zero-order valence-electron chi connectivity index (χ0n) is 13.3. The summed E-state index contributed by atoms with van der Waals surface area (Å²) in [5, 5.41) is 13.0. The number of halogens is 1. The van der Waals surface area contributed by atoms with Crippen molar-refractivity contribution in [3.8, 4) is 0 Å². The summed E-state index contributed by atoms with van der Waals surface area (Å²) in [5.74, 6) is -0.880. The second-order valence-electron chi connectivity index (χ2n) is 5.57. The van der Waals surface area contributed by atoms with Crippen molar-refractivity contribution in [2.24, 2.45) is 0 Å². The highest BCUT2D eigenvalue weighted by molar-refractivity contribution is 6.02. The van der Waals surface area contributed by atoms with E-state index in [0.29, 0.717) is 5.92 Å². The Morgan fingerprint density at radius 1 is 1.21 bits per heavy atom. The molecule has 0 aliphatic rings. The van der Waals surface area contributed by atoms with Gasteiger partial charge in [-0.15, -0.1) is 0 Å². The van der Waals surface area contributed by atoms with Crippen molar-refractivity contribution in [2.75, 3.05) is 5.32 Å². The van der Waals surface area contributed by atoms with Crippen LogP contribution in [-0.4, -0.2) is 10.8 Å². The fourth-order valence-corrected chi connectivity index (χ4v) is 2.06. The molecule has 0 heterocycles. The molecule has 1 amide bonds. The van der Waals surface area contributed by atoms with Gasteiger partial charge in [-0.3, -0.25) is 14.9 Å². The minimum Gasteiger partial charge on any atom is -0.320 e. The van der Waals surface area contributed by atoms with Crippen LogP contribution in [0.1, 0.15) is 30.9 Å². The summed E-state index contributed by atoms with van der Waals surface area (Å²) in [7, 11) is 0. The Labute approximate surface area is 139 Å². The molecule has 24 heavy (non-hydrogen) atoms. The standard InChI is InChI=1S/C18H17FN2O3/c1-12(2)14-6-3-13(4-7-14)5-10-18(22)20-17-11-15(21(23)24)8-9-16(17)19/h3-12H,1-2H3,(H,20,22)/b10-5+. The minimum absolute atomic E-state index is 0.228. The normalized spacial score (nSPS) is 11.0. The number of amides is 1. The lowest BCUT2D eigenvalue weighted by Gasteiger charge is -2.05. The molecule has 0 bridgehead atoms. The highest BCUT2D eigenvalue weighted by Gasteiger charge is 2.12. The van der Waals surface area contributed by atoms with Crippen LogP contribution in [0.2, 0.25) is 0 Å². The fraction of sp³-hybridized carbons (Fsp3) is 0.167. The quantitative estimate of drug-likeness (QED) is 0.498. The van der Waals surface area contributed by atoms with Gasteiger partial charge in [-0.1, -0.05) is 38.1 Å². The van der Waals surface area contributed by atoms with Gasteiger partial charge in [0.1, 0.15) is 5.82 Å². The van der Waals surface area contributed by atoms with Crippen LogP contribution in [-0.2, 0) is 4.79 Å². The number of hydrogen-bond donors (Lipinski definition) is 1. The lowest BCUT2D eigenvalue weighted by molar-refractivity contribution is -0.384. The average Bonchev–Trinajstić information content (AvgIpc) is 2.55. The zero-order chi connectivity index (χ0) is 17.7. The first-order valence-electron chi connectivity index (χ1n) is 7.40. The third-order valence-corrected chi connectivity index (χ3v) is 3.45. The smallest absolute Gasteiger partial charge is 0.271 e. The van der Waals surface area contributed by atoms with E-state index in [4.69, 9.17) is 0 Å². The van der Waals surface area contributed by atoms with E-state index >= 15 is 0 Å². The monoisotopic (exact) mass is 328 g/mol. The number of nitrogens with one attached hydrogen (secondary N) is 1. The molecule has 0 saturated carbocycles. The van der Waals surface area contributed by atoms with E-state index in [1.54, 1.807) is 6.08 Å². The Hall–Kier alpha value is -3.02. The largest absolute Gasteiger partial charge is 0.320 e. The van der Waals surface area contributed by atoms with Gasteiger partial charge < -0.3 is 5.32 Å². The molecule has 0 spiro atoms. The summed E-state index contributed by atoms with van der Waals surface area (Å²) in [6, 6.07) is 10.7. The molecule has 2 aromatic carbocycles. The van der Waals surface area contributed by atoms with Crippen LogP contribution in [0, 0.1) is 15.9 Å². The van der Waals surface area contributed by atoms with E-state index in [-0.39, 0.29) is 11.4 Å². The summed E-state index contributed by atoms with van der Waals surface area (Å²) in [5.41, 5.74) is 1.50. The maximum atomic E-state index is 13.6. The molecule has 0 aromatic heterocycles. The molecule has 0 aliphatic carbocycles. The summed E-state index contributed by atoms with van der Waals surface area (Å²) in [6.45, 7) is 4.18. The Bertz CT molecular complexity index is 783. The predicted molar refractivity (Wildman–Crippen MR) is 91.2 cm³/mol. The van der Waals surface area contributed by atoms with Crippen LogP contribution in [0.25, 0.3) is 6.08 Å².